The van der Waals surface area contributed by atoms with Crippen molar-refractivity contribution in [3.63, 3.8) is 0 Å². The minimum Gasteiger partial charge on any atom is -0.488 e. The molecule has 0 saturated heterocycles. The molecule has 0 aromatic heterocycles. The number of ether oxygens (including phenoxy) is 1. The van der Waals surface area contributed by atoms with Crippen LogP contribution in [0, 0.1) is 11.8 Å². The lowest BCUT2D eigenvalue weighted by atomic mass is 10.0. The fourth-order valence-electron chi connectivity index (χ4n) is 2.96. The van der Waals surface area contributed by atoms with E-state index < -0.39 is 0 Å². The molecule has 0 radical (unpaired) electrons. The Hall–Kier alpha value is -2.13. The number of para-hydroxylation sites is 1. The molecular formula is C17H11ClO3. The van der Waals surface area contributed by atoms with Gasteiger partial charge in [0.2, 0.25) is 0 Å². The van der Waals surface area contributed by atoms with Gasteiger partial charge in [-0.2, -0.15) is 0 Å². The van der Waals surface area contributed by atoms with Gasteiger partial charge in [-0.3, -0.25) is 9.59 Å². The molecule has 21 heavy (non-hydrogen) atoms. The average Bonchev–Trinajstić information content (AvgIpc) is 3.22. The minimum atomic E-state index is -0.383. The third-order valence-corrected chi connectivity index (χ3v) is 4.36. The van der Waals surface area contributed by atoms with Crippen LogP contribution in [-0.2, 0) is 0 Å². The quantitative estimate of drug-likeness (QED) is 0.798. The van der Waals surface area contributed by atoms with Crippen molar-refractivity contribution in [2.45, 2.75) is 6.10 Å². The summed E-state index contributed by atoms with van der Waals surface area (Å²) in [6.07, 6.45) is -0.324. The molecular weight excluding hydrogens is 288 g/mol. The maximum atomic E-state index is 12.5. The van der Waals surface area contributed by atoms with E-state index in [0.29, 0.717) is 21.9 Å². The van der Waals surface area contributed by atoms with Crippen molar-refractivity contribution in [1.82, 2.24) is 0 Å². The lowest BCUT2D eigenvalue weighted by Crippen LogP contribution is -2.16. The zero-order valence-corrected chi connectivity index (χ0v) is 11.7. The van der Waals surface area contributed by atoms with Crippen molar-refractivity contribution < 1.29 is 14.3 Å². The maximum Gasteiger partial charge on any atom is 0.174 e. The summed E-state index contributed by atoms with van der Waals surface area (Å²) in [6.45, 7) is 0. The number of ketones is 2. The summed E-state index contributed by atoms with van der Waals surface area (Å²) in [6, 6.07) is 13.9. The first-order valence-electron chi connectivity index (χ1n) is 6.76. The van der Waals surface area contributed by atoms with Crippen LogP contribution in [0.2, 0.25) is 5.02 Å². The van der Waals surface area contributed by atoms with Gasteiger partial charge in [0.15, 0.2) is 11.6 Å². The molecule has 1 aliphatic heterocycles. The molecule has 0 unspecified atom stereocenters. The zero-order chi connectivity index (χ0) is 14.6. The Morgan fingerprint density at radius 2 is 1.76 bits per heavy atom. The van der Waals surface area contributed by atoms with Gasteiger partial charge in [0.05, 0.1) is 17.4 Å². The van der Waals surface area contributed by atoms with Crippen LogP contribution in [-0.4, -0.2) is 17.7 Å². The van der Waals surface area contributed by atoms with Crippen molar-refractivity contribution in [2.75, 3.05) is 0 Å². The van der Waals surface area contributed by atoms with Gasteiger partial charge in [-0.15, -0.1) is 0 Å². The van der Waals surface area contributed by atoms with Crippen molar-refractivity contribution in [3.05, 3.63) is 64.7 Å². The van der Waals surface area contributed by atoms with Gasteiger partial charge in [0.25, 0.3) is 0 Å². The Morgan fingerprint density at radius 3 is 2.52 bits per heavy atom. The number of hydrogen-bond donors (Lipinski definition) is 0. The number of carbonyl (C=O) groups is 2. The first-order chi connectivity index (χ1) is 10.2. The average molecular weight is 299 g/mol. The van der Waals surface area contributed by atoms with Crippen LogP contribution >= 0.6 is 11.6 Å². The van der Waals surface area contributed by atoms with E-state index in [0.717, 1.165) is 0 Å². The number of benzene rings is 2. The Balaban J connectivity index is 1.63. The molecule has 1 heterocycles. The van der Waals surface area contributed by atoms with E-state index in [1.165, 1.54) is 0 Å². The number of Topliss-reactive ketones (excluding diaryl/α,β-unsaturated/α-hetero) is 2. The maximum absolute atomic E-state index is 12.5. The number of halogens is 1. The number of fused-ring (bicyclic) bond motifs is 2. The fourth-order valence-corrected chi connectivity index (χ4v) is 3.09. The molecule has 4 heteroatoms. The van der Waals surface area contributed by atoms with E-state index in [4.69, 9.17) is 16.3 Å². The number of rotatable bonds is 2. The zero-order valence-electron chi connectivity index (χ0n) is 11.0. The van der Waals surface area contributed by atoms with Crippen LogP contribution in [0.3, 0.4) is 0 Å². The highest BCUT2D eigenvalue weighted by atomic mass is 35.5. The smallest absolute Gasteiger partial charge is 0.174 e. The Kier molecular flexibility index (Phi) is 2.66. The third-order valence-electron chi connectivity index (χ3n) is 4.10. The third kappa shape index (κ3) is 1.88. The molecule has 3 atom stereocenters. The summed E-state index contributed by atoms with van der Waals surface area (Å²) in [7, 11) is 0. The van der Waals surface area contributed by atoms with Crippen LogP contribution in [0.4, 0.5) is 0 Å². The molecule has 1 saturated carbocycles. The molecule has 1 fully saturated rings. The lowest BCUT2D eigenvalue weighted by Gasteiger charge is -2.14. The van der Waals surface area contributed by atoms with Crippen LogP contribution in [0.25, 0.3) is 0 Å². The summed E-state index contributed by atoms with van der Waals surface area (Å²) >= 11 is 5.83. The van der Waals surface area contributed by atoms with Gasteiger partial charge < -0.3 is 4.74 Å². The second-order valence-corrected chi connectivity index (χ2v) is 5.80. The van der Waals surface area contributed by atoms with E-state index in [-0.39, 0.29) is 29.5 Å². The Labute approximate surface area is 126 Å². The summed E-state index contributed by atoms with van der Waals surface area (Å²) in [5.74, 6) is -0.193. The molecule has 2 aliphatic rings. The molecule has 0 spiro atoms. The fraction of sp³-hybridized carbons (Fsp3) is 0.176. The SMILES string of the molecule is O=C(c1ccc(Cl)cc1)[C@H]1[C@@H]2Oc3ccccc3C(=O)[C@@H]21. The van der Waals surface area contributed by atoms with Crippen LogP contribution in [0.5, 0.6) is 5.75 Å². The lowest BCUT2D eigenvalue weighted by molar-refractivity contribution is 0.0900. The monoisotopic (exact) mass is 298 g/mol. The van der Waals surface area contributed by atoms with Gasteiger partial charge in [-0.25, -0.2) is 0 Å². The van der Waals surface area contributed by atoms with Crippen molar-refractivity contribution in [1.29, 1.82) is 0 Å². The van der Waals surface area contributed by atoms with Gasteiger partial charge in [0.1, 0.15) is 11.9 Å². The highest BCUT2D eigenvalue weighted by molar-refractivity contribution is 6.30. The summed E-state index contributed by atoms with van der Waals surface area (Å²) in [5.41, 5.74) is 1.14. The Morgan fingerprint density at radius 1 is 1.05 bits per heavy atom. The molecule has 0 amide bonds. The standard InChI is InChI=1S/C17H11ClO3/c18-10-7-5-9(6-8-10)15(19)13-14-16(20)11-3-1-2-4-12(11)21-17(13)14/h1-8,13-14,17H/t13-,14-,17-/m0/s1. The summed E-state index contributed by atoms with van der Waals surface area (Å²) < 4.78 is 5.79. The van der Waals surface area contributed by atoms with E-state index in [2.05, 4.69) is 0 Å². The van der Waals surface area contributed by atoms with Crippen molar-refractivity contribution in [3.8, 4) is 5.75 Å². The number of carbonyl (C=O) groups excluding carboxylic acids is 2. The van der Waals surface area contributed by atoms with E-state index in [1.54, 1.807) is 42.5 Å². The van der Waals surface area contributed by atoms with E-state index >= 15 is 0 Å². The molecule has 0 bridgehead atoms. The van der Waals surface area contributed by atoms with Crippen molar-refractivity contribution >= 4 is 23.2 Å². The largest absolute Gasteiger partial charge is 0.488 e. The van der Waals surface area contributed by atoms with Gasteiger partial charge in [-0.1, -0.05) is 23.7 Å². The van der Waals surface area contributed by atoms with Crippen molar-refractivity contribution in [2.24, 2.45) is 11.8 Å². The molecule has 2 aromatic rings. The topological polar surface area (TPSA) is 43.4 Å². The van der Waals surface area contributed by atoms with Gasteiger partial charge in [0, 0.05) is 10.6 Å². The second-order valence-electron chi connectivity index (χ2n) is 5.37. The Bertz CT molecular complexity index is 751. The van der Waals surface area contributed by atoms with E-state index in [1.807, 2.05) is 6.07 Å². The molecule has 2 aromatic carbocycles. The van der Waals surface area contributed by atoms with Crippen LogP contribution in [0.15, 0.2) is 48.5 Å². The minimum absolute atomic E-state index is 0.00848. The van der Waals surface area contributed by atoms with Gasteiger partial charge in [-0.05, 0) is 36.4 Å². The molecule has 4 rings (SSSR count). The highest BCUT2D eigenvalue weighted by Gasteiger charge is 2.63. The van der Waals surface area contributed by atoms with Crippen LogP contribution in [0.1, 0.15) is 20.7 Å². The molecule has 0 N–H and O–H groups in total. The molecule has 104 valence electrons. The normalized spacial score (nSPS) is 25.6. The summed E-state index contributed by atoms with van der Waals surface area (Å²) in [4.78, 5) is 24.9. The first-order valence-corrected chi connectivity index (χ1v) is 7.14. The summed E-state index contributed by atoms with van der Waals surface area (Å²) in [5, 5.41) is 0.583. The van der Waals surface area contributed by atoms with Gasteiger partial charge >= 0.3 is 0 Å². The number of hydrogen-bond acceptors (Lipinski definition) is 3. The highest BCUT2D eigenvalue weighted by Crippen LogP contribution is 2.50. The molecule has 3 nitrogen and oxygen atoms in total. The molecule has 1 aliphatic carbocycles. The van der Waals surface area contributed by atoms with E-state index in [9.17, 15) is 9.59 Å². The predicted octanol–water partition coefficient (Wildman–Crippen LogP) is 3.41. The first kappa shape index (κ1) is 12.6. The van der Waals surface area contributed by atoms with Crippen LogP contribution < -0.4 is 4.74 Å². The predicted molar refractivity (Wildman–Crippen MR) is 78.0 cm³/mol. The second kappa shape index (κ2) is 4.43.